The molecule has 1 unspecified atom stereocenters. The number of amides is 1. The van der Waals surface area contributed by atoms with Crippen molar-refractivity contribution in [1.82, 2.24) is 4.90 Å². The zero-order valence-corrected chi connectivity index (χ0v) is 17.0. The zero-order valence-electron chi connectivity index (χ0n) is 17.0. The quantitative estimate of drug-likeness (QED) is 0.297. The minimum absolute atomic E-state index is 0.00215. The van der Waals surface area contributed by atoms with E-state index in [1.165, 1.54) is 63.4 Å². The summed E-state index contributed by atoms with van der Waals surface area (Å²) in [6.45, 7) is 2.96. The van der Waals surface area contributed by atoms with E-state index in [0.717, 1.165) is 19.3 Å². The molecule has 1 heterocycles. The number of carbonyl (C=O) groups excluding carboxylic acids is 1. The Balaban J connectivity index is 1.68. The highest BCUT2D eigenvalue weighted by atomic mass is 16.2. The SMILES string of the molecule is CCCCCCCCCCCc1ccc(C(=O)N2CCCC2C(=N)N)cc1. The number of amidine groups is 1. The van der Waals surface area contributed by atoms with Crippen LogP contribution in [0.3, 0.4) is 0 Å². The number of nitrogens with one attached hydrogen (secondary N) is 1. The molecule has 1 fully saturated rings. The monoisotopic (exact) mass is 371 g/mol. The van der Waals surface area contributed by atoms with E-state index in [2.05, 4.69) is 19.1 Å². The molecule has 0 bridgehead atoms. The van der Waals surface area contributed by atoms with Gasteiger partial charge in [-0.3, -0.25) is 10.2 Å². The van der Waals surface area contributed by atoms with Crippen LogP contribution in [0.2, 0.25) is 0 Å². The highest BCUT2D eigenvalue weighted by molar-refractivity contribution is 5.98. The fraction of sp³-hybridized carbons (Fsp3) is 0.652. The van der Waals surface area contributed by atoms with Gasteiger partial charge in [-0.1, -0.05) is 70.4 Å². The summed E-state index contributed by atoms with van der Waals surface area (Å²) in [6.07, 6.45) is 14.9. The van der Waals surface area contributed by atoms with Crippen molar-refractivity contribution in [2.75, 3.05) is 6.54 Å². The first kappa shape index (κ1) is 21.5. The van der Waals surface area contributed by atoms with Gasteiger partial charge < -0.3 is 10.6 Å². The molecule has 2 rings (SSSR count). The predicted octanol–water partition coefficient (Wildman–Crippen LogP) is 5.30. The molecule has 27 heavy (non-hydrogen) atoms. The van der Waals surface area contributed by atoms with Gasteiger partial charge in [-0.15, -0.1) is 0 Å². The minimum atomic E-state index is -0.223. The third kappa shape index (κ3) is 7.00. The molecule has 1 aromatic rings. The van der Waals surface area contributed by atoms with Crippen LogP contribution in [-0.2, 0) is 6.42 Å². The van der Waals surface area contributed by atoms with Crippen LogP contribution in [0.25, 0.3) is 0 Å². The van der Waals surface area contributed by atoms with Gasteiger partial charge in [-0.05, 0) is 43.4 Å². The first-order chi connectivity index (χ1) is 13.1. The average Bonchev–Trinajstić information content (AvgIpc) is 3.17. The average molecular weight is 372 g/mol. The summed E-state index contributed by atoms with van der Waals surface area (Å²) in [6, 6.07) is 7.80. The van der Waals surface area contributed by atoms with Crippen molar-refractivity contribution in [2.45, 2.75) is 90.0 Å². The smallest absolute Gasteiger partial charge is 0.254 e. The number of unbranched alkanes of at least 4 members (excludes halogenated alkanes) is 8. The van der Waals surface area contributed by atoms with Crippen molar-refractivity contribution in [3.05, 3.63) is 35.4 Å². The van der Waals surface area contributed by atoms with Gasteiger partial charge in [0.1, 0.15) is 5.84 Å². The highest BCUT2D eigenvalue weighted by Gasteiger charge is 2.31. The summed E-state index contributed by atoms with van der Waals surface area (Å²) in [5.41, 5.74) is 7.65. The molecule has 1 aromatic carbocycles. The van der Waals surface area contributed by atoms with Gasteiger partial charge in [0.05, 0.1) is 6.04 Å². The molecule has 0 aliphatic carbocycles. The van der Waals surface area contributed by atoms with E-state index in [9.17, 15) is 4.79 Å². The van der Waals surface area contributed by atoms with Gasteiger partial charge in [-0.2, -0.15) is 0 Å². The summed E-state index contributed by atoms with van der Waals surface area (Å²) in [5.74, 6) is 0.102. The molecule has 1 aliphatic heterocycles. The maximum absolute atomic E-state index is 12.7. The van der Waals surface area contributed by atoms with Crippen LogP contribution in [0.15, 0.2) is 24.3 Å². The van der Waals surface area contributed by atoms with Crippen molar-refractivity contribution in [3.63, 3.8) is 0 Å². The van der Waals surface area contributed by atoms with Gasteiger partial charge >= 0.3 is 0 Å². The number of hydrogen-bond acceptors (Lipinski definition) is 2. The van der Waals surface area contributed by atoms with Crippen LogP contribution < -0.4 is 5.73 Å². The molecule has 1 atom stereocenters. The minimum Gasteiger partial charge on any atom is -0.386 e. The Labute approximate surface area is 165 Å². The molecule has 0 saturated carbocycles. The molecule has 150 valence electrons. The second kappa shape index (κ2) is 11.8. The van der Waals surface area contributed by atoms with Gasteiger partial charge in [0.2, 0.25) is 0 Å². The summed E-state index contributed by atoms with van der Waals surface area (Å²) in [5, 5.41) is 7.66. The van der Waals surface area contributed by atoms with E-state index in [1.54, 1.807) is 4.90 Å². The Morgan fingerprint density at radius 1 is 1.04 bits per heavy atom. The lowest BCUT2D eigenvalue weighted by atomic mass is 10.0. The normalized spacial score (nSPS) is 16.6. The number of benzene rings is 1. The van der Waals surface area contributed by atoms with E-state index < -0.39 is 0 Å². The lowest BCUT2D eigenvalue weighted by molar-refractivity contribution is 0.0769. The molecule has 0 spiro atoms. The van der Waals surface area contributed by atoms with Crippen molar-refractivity contribution in [3.8, 4) is 0 Å². The van der Waals surface area contributed by atoms with Crippen LogP contribution >= 0.6 is 0 Å². The number of hydrogen-bond donors (Lipinski definition) is 2. The van der Waals surface area contributed by atoms with Crippen molar-refractivity contribution < 1.29 is 4.79 Å². The van der Waals surface area contributed by atoms with Gasteiger partial charge in [0.25, 0.3) is 5.91 Å². The zero-order chi connectivity index (χ0) is 19.5. The lowest BCUT2D eigenvalue weighted by Crippen LogP contribution is -2.43. The maximum Gasteiger partial charge on any atom is 0.254 e. The van der Waals surface area contributed by atoms with Gasteiger partial charge in [-0.25, -0.2) is 0 Å². The van der Waals surface area contributed by atoms with Crippen LogP contribution in [-0.4, -0.2) is 29.2 Å². The van der Waals surface area contributed by atoms with Crippen molar-refractivity contribution >= 4 is 11.7 Å². The number of nitrogens with two attached hydrogens (primary N) is 1. The molecule has 4 nitrogen and oxygen atoms in total. The van der Waals surface area contributed by atoms with Crippen LogP contribution in [0.4, 0.5) is 0 Å². The summed E-state index contributed by atoms with van der Waals surface area (Å²) in [7, 11) is 0. The number of likely N-dealkylation sites (tertiary alicyclic amines) is 1. The standard InChI is InChI=1S/C23H37N3O/c1-2-3-4-5-6-7-8-9-10-12-19-14-16-20(17-15-19)23(27)26-18-11-13-21(26)22(24)25/h14-17,21H,2-13,18H2,1H3,(H3,24,25). The van der Waals surface area contributed by atoms with E-state index >= 15 is 0 Å². The molecule has 1 aliphatic rings. The number of nitrogens with zero attached hydrogens (tertiary/aromatic N) is 1. The molecule has 3 N–H and O–H groups in total. The van der Waals surface area contributed by atoms with Gasteiger partial charge in [0.15, 0.2) is 0 Å². The second-order valence-corrected chi connectivity index (χ2v) is 7.89. The number of rotatable bonds is 12. The summed E-state index contributed by atoms with van der Waals surface area (Å²) in [4.78, 5) is 14.4. The third-order valence-corrected chi connectivity index (χ3v) is 5.64. The maximum atomic E-state index is 12.7. The second-order valence-electron chi connectivity index (χ2n) is 7.89. The van der Waals surface area contributed by atoms with Crippen molar-refractivity contribution in [2.24, 2.45) is 5.73 Å². The van der Waals surface area contributed by atoms with Crippen molar-refractivity contribution in [1.29, 1.82) is 5.41 Å². The first-order valence-corrected chi connectivity index (χ1v) is 10.9. The summed E-state index contributed by atoms with van der Waals surface area (Å²) >= 11 is 0. The predicted molar refractivity (Wildman–Crippen MR) is 113 cm³/mol. The molecular formula is C23H37N3O. The molecule has 1 amide bonds. The highest BCUT2D eigenvalue weighted by Crippen LogP contribution is 2.20. The van der Waals surface area contributed by atoms with Crippen LogP contribution in [0.5, 0.6) is 0 Å². The Morgan fingerprint density at radius 3 is 2.22 bits per heavy atom. The molecule has 0 aromatic heterocycles. The Hall–Kier alpha value is -1.84. The Morgan fingerprint density at radius 2 is 1.63 bits per heavy atom. The molecule has 4 heteroatoms. The Kier molecular flexibility index (Phi) is 9.37. The topological polar surface area (TPSA) is 70.2 Å². The molecule has 1 saturated heterocycles. The largest absolute Gasteiger partial charge is 0.386 e. The van der Waals surface area contributed by atoms with Crippen LogP contribution in [0.1, 0.15) is 93.5 Å². The summed E-state index contributed by atoms with van der Waals surface area (Å²) < 4.78 is 0. The molecular weight excluding hydrogens is 334 g/mol. The fourth-order valence-corrected chi connectivity index (χ4v) is 3.95. The van der Waals surface area contributed by atoms with E-state index in [4.69, 9.17) is 11.1 Å². The lowest BCUT2D eigenvalue weighted by Gasteiger charge is -2.23. The molecule has 0 radical (unpaired) electrons. The first-order valence-electron chi connectivity index (χ1n) is 10.9. The van der Waals surface area contributed by atoms with Crippen LogP contribution in [0, 0.1) is 5.41 Å². The van der Waals surface area contributed by atoms with E-state index in [1.807, 2.05) is 12.1 Å². The Bertz CT molecular complexity index is 582. The fourth-order valence-electron chi connectivity index (χ4n) is 3.95. The third-order valence-electron chi connectivity index (χ3n) is 5.64. The van der Waals surface area contributed by atoms with Gasteiger partial charge in [0, 0.05) is 12.1 Å². The van der Waals surface area contributed by atoms with E-state index in [-0.39, 0.29) is 17.8 Å². The number of aryl methyl sites for hydroxylation is 1. The van der Waals surface area contributed by atoms with E-state index in [0.29, 0.717) is 12.1 Å². The number of carbonyl (C=O) groups is 1.